The molecule has 118 valence electrons. The monoisotopic (exact) mass is 317 g/mol. The minimum absolute atomic E-state index is 0.171. The third-order valence-corrected chi connectivity index (χ3v) is 3.82. The van der Waals surface area contributed by atoms with Gasteiger partial charge in [0.15, 0.2) is 5.82 Å². The summed E-state index contributed by atoms with van der Waals surface area (Å²) in [6.07, 6.45) is 2.43. The summed E-state index contributed by atoms with van der Waals surface area (Å²) in [7, 11) is 2.85. The highest BCUT2D eigenvalue weighted by Crippen LogP contribution is 2.22. The molecule has 0 saturated heterocycles. The van der Waals surface area contributed by atoms with E-state index < -0.39 is 15.9 Å². The molecule has 9 nitrogen and oxygen atoms in total. The van der Waals surface area contributed by atoms with Gasteiger partial charge in [0.1, 0.15) is 5.69 Å². The van der Waals surface area contributed by atoms with Crippen molar-refractivity contribution in [2.75, 3.05) is 51.3 Å². The standard InChI is InChI=1S/C11H19N5O4S/c1-15(2)10-8(6-12-11(14-10)20-4)13-9(17)7-16(3)21(5,18)19/h6H,7H2,1-5H3,(H,13,17). The average molecular weight is 317 g/mol. The maximum absolute atomic E-state index is 11.9. The van der Waals surface area contributed by atoms with E-state index in [1.165, 1.54) is 20.4 Å². The molecule has 1 rings (SSSR count). The minimum Gasteiger partial charge on any atom is -0.467 e. The zero-order chi connectivity index (χ0) is 16.2. The van der Waals surface area contributed by atoms with Crippen LogP contribution in [0.25, 0.3) is 0 Å². The molecule has 0 saturated carbocycles. The number of amides is 1. The molecule has 0 aliphatic rings. The third kappa shape index (κ3) is 4.83. The maximum atomic E-state index is 11.9. The highest BCUT2D eigenvalue weighted by atomic mass is 32.2. The summed E-state index contributed by atoms with van der Waals surface area (Å²) in [5.41, 5.74) is 0.368. The van der Waals surface area contributed by atoms with Gasteiger partial charge in [0, 0.05) is 21.1 Å². The first-order valence-electron chi connectivity index (χ1n) is 5.94. The zero-order valence-corrected chi connectivity index (χ0v) is 13.4. The van der Waals surface area contributed by atoms with Gasteiger partial charge in [0.25, 0.3) is 0 Å². The lowest BCUT2D eigenvalue weighted by Gasteiger charge is -2.18. The highest BCUT2D eigenvalue weighted by Gasteiger charge is 2.17. The largest absolute Gasteiger partial charge is 0.467 e. The Kier molecular flexibility index (Phi) is 5.44. The number of nitrogens with zero attached hydrogens (tertiary/aromatic N) is 4. The van der Waals surface area contributed by atoms with Crippen LogP contribution in [0.15, 0.2) is 6.20 Å². The number of hydrogen-bond donors (Lipinski definition) is 1. The van der Waals surface area contributed by atoms with Crippen molar-refractivity contribution in [1.82, 2.24) is 14.3 Å². The molecule has 0 radical (unpaired) electrons. The van der Waals surface area contributed by atoms with Crippen LogP contribution in [0.5, 0.6) is 6.01 Å². The van der Waals surface area contributed by atoms with Gasteiger partial charge in [-0.25, -0.2) is 13.4 Å². The summed E-state index contributed by atoms with van der Waals surface area (Å²) in [6.45, 7) is -0.294. The van der Waals surface area contributed by atoms with E-state index in [0.29, 0.717) is 11.5 Å². The van der Waals surface area contributed by atoms with E-state index in [1.54, 1.807) is 19.0 Å². The van der Waals surface area contributed by atoms with Crippen LogP contribution in [-0.2, 0) is 14.8 Å². The molecular formula is C11H19N5O4S. The van der Waals surface area contributed by atoms with Crippen molar-refractivity contribution in [3.05, 3.63) is 6.20 Å². The minimum atomic E-state index is -3.42. The number of methoxy groups -OCH3 is 1. The lowest BCUT2D eigenvalue weighted by molar-refractivity contribution is -0.116. The van der Waals surface area contributed by atoms with E-state index in [2.05, 4.69) is 15.3 Å². The van der Waals surface area contributed by atoms with Gasteiger partial charge in [-0.3, -0.25) is 4.79 Å². The first-order valence-corrected chi connectivity index (χ1v) is 7.79. The Hall–Kier alpha value is -1.94. The first-order chi connectivity index (χ1) is 9.65. The van der Waals surface area contributed by atoms with E-state index in [1.807, 2.05) is 0 Å². The van der Waals surface area contributed by atoms with Gasteiger partial charge in [-0.2, -0.15) is 9.29 Å². The van der Waals surface area contributed by atoms with Crippen LogP contribution < -0.4 is 15.0 Å². The number of likely N-dealkylation sites (N-methyl/N-ethyl adjacent to an activating group) is 1. The topological polar surface area (TPSA) is 105 Å². The summed E-state index contributed by atoms with van der Waals surface area (Å²) in [5, 5.41) is 2.58. The SMILES string of the molecule is COc1ncc(NC(=O)CN(C)S(C)(=O)=O)c(N(C)C)n1. The number of hydrogen-bond acceptors (Lipinski definition) is 7. The second kappa shape index (κ2) is 6.68. The molecule has 0 unspecified atom stereocenters. The second-order valence-corrected chi connectivity index (χ2v) is 6.65. The van der Waals surface area contributed by atoms with Gasteiger partial charge in [0.05, 0.1) is 26.1 Å². The van der Waals surface area contributed by atoms with E-state index in [-0.39, 0.29) is 12.6 Å². The number of anilines is 2. The van der Waals surface area contributed by atoms with Crippen LogP contribution in [0, 0.1) is 0 Å². The summed E-state index contributed by atoms with van der Waals surface area (Å²) >= 11 is 0. The highest BCUT2D eigenvalue weighted by molar-refractivity contribution is 7.88. The molecule has 0 bridgehead atoms. The van der Waals surface area contributed by atoms with Crippen molar-refractivity contribution in [2.24, 2.45) is 0 Å². The molecule has 1 aromatic heterocycles. The van der Waals surface area contributed by atoms with Crippen LogP contribution in [0.3, 0.4) is 0 Å². The Morgan fingerprint density at radius 2 is 2.00 bits per heavy atom. The molecule has 21 heavy (non-hydrogen) atoms. The van der Waals surface area contributed by atoms with Gasteiger partial charge < -0.3 is 15.0 Å². The summed E-state index contributed by atoms with van der Waals surface area (Å²) < 4.78 is 28.4. The Balaban J connectivity index is 2.90. The number of rotatable bonds is 6. The summed E-state index contributed by atoms with van der Waals surface area (Å²) in [5.74, 6) is -0.0306. The smallest absolute Gasteiger partial charge is 0.318 e. The third-order valence-electron chi connectivity index (χ3n) is 2.56. The summed E-state index contributed by atoms with van der Waals surface area (Å²) in [4.78, 5) is 21.6. The number of aromatic nitrogens is 2. The number of nitrogens with one attached hydrogen (secondary N) is 1. The van der Waals surface area contributed by atoms with Crippen LogP contribution in [0.2, 0.25) is 0 Å². The normalized spacial score (nSPS) is 11.3. The fourth-order valence-corrected chi connectivity index (χ4v) is 1.75. The molecule has 0 fully saturated rings. The predicted octanol–water partition coefficient (Wildman–Crippen LogP) is -0.619. The van der Waals surface area contributed by atoms with Gasteiger partial charge in [-0.05, 0) is 0 Å². The average Bonchev–Trinajstić information content (AvgIpc) is 2.37. The first kappa shape index (κ1) is 17.1. The quantitative estimate of drug-likeness (QED) is 0.745. The van der Waals surface area contributed by atoms with Crippen molar-refractivity contribution in [3.8, 4) is 6.01 Å². The molecular weight excluding hydrogens is 298 g/mol. The zero-order valence-electron chi connectivity index (χ0n) is 12.6. The van der Waals surface area contributed by atoms with Gasteiger partial charge >= 0.3 is 6.01 Å². The Bertz CT molecular complexity index is 617. The molecule has 0 aliphatic carbocycles. The molecule has 0 spiro atoms. The molecule has 0 aromatic carbocycles. The van der Waals surface area contributed by atoms with Crippen molar-refractivity contribution >= 4 is 27.4 Å². The molecule has 0 atom stereocenters. The van der Waals surface area contributed by atoms with Crippen molar-refractivity contribution in [3.63, 3.8) is 0 Å². The van der Waals surface area contributed by atoms with Crippen LogP contribution in [0.4, 0.5) is 11.5 Å². The Labute approximate surface area is 124 Å². The van der Waals surface area contributed by atoms with Gasteiger partial charge in [-0.1, -0.05) is 0 Å². The molecule has 1 aromatic rings. The predicted molar refractivity (Wildman–Crippen MR) is 79.0 cm³/mol. The number of sulfonamides is 1. The number of carbonyl (C=O) groups is 1. The van der Waals surface area contributed by atoms with Crippen molar-refractivity contribution in [1.29, 1.82) is 0 Å². The lowest BCUT2D eigenvalue weighted by Crippen LogP contribution is -2.34. The fraction of sp³-hybridized carbons (Fsp3) is 0.545. The van der Waals surface area contributed by atoms with Crippen molar-refractivity contribution in [2.45, 2.75) is 0 Å². The molecule has 1 N–H and O–H groups in total. The van der Waals surface area contributed by atoms with Crippen LogP contribution >= 0.6 is 0 Å². The van der Waals surface area contributed by atoms with Gasteiger partial charge in [0.2, 0.25) is 15.9 Å². The van der Waals surface area contributed by atoms with E-state index in [4.69, 9.17) is 4.74 Å². The van der Waals surface area contributed by atoms with Crippen molar-refractivity contribution < 1.29 is 17.9 Å². The Morgan fingerprint density at radius 1 is 1.38 bits per heavy atom. The molecule has 0 aliphatic heterocycles. The second-order valence-electron chi connectivity index (χ2n) is 4.56. The molecule has 1 amide bonds. The van der Waals surface area contributed by atoms with Crippen LogP contribution in [0.1, 0.15) is 0 Å². The molecule has 10 heteroatoms. The van der Waals surface area contributed by atoms with E-state index in [0.717, 1.165) is 10.6 Å². The molecule has 1 heterocycles. The number of ether oxygens (including phenoxy) is 1. The maximum Gasteiger partial charge on any atom is 0.318 e. The summed E-state index contributed by atoms with van der Waals surface area (Å²) in [6, 6.07) is 0.171. The van der Waals surface area contributed by atoms with Crippen LogP contribution in [-0.4, -0.2) is 69.7 Å². The van der Waals surface area contributed by atoms with E-state index >= 15 is 0 Å². The lowest BCUT2D eigenvalue weighted by atomic mass is 10.4. The Morgan fingerprint density at radius 3 is 2.48 bits per heavy atom. The van der Waals surface area contributed by atoms with Gasteiger partial charge in [-0.15, -0.1) is 0 Å². The van der Waals surface area contributed by atoms with E-state index in [9.17, 15) is 13.2 Å². The number of carbonyl (C=O) groups excluding carboxylic acids is 1. The fourth-order valence-electron chi connectivity index (χ4n) is 1.39.